The molecule has 8 nitrogen and oxygen atoms in total. The number of aliphatic carboxylic acids is 1. The highest BCUT2D eigenvalue weighted by Crippen LogP contribution is 2.45. The molecule has 0 saturated carbocycles. The summed E-state index contributed by atoms with van der Waals surface area (Å²) in [6.45, 7) is 2.42. The molecule has 1 aliphatic carbocycles. The van der Waals surface area contributed by atoms with Gasteiger partial charge in [0.05, 0.1) is 39.3 Å². The molecule has 39 heavy (non-hydrogen) atoms. The number of carbonyl (C=O) groups excluding carboxylic acids is 1. The number of methoxy groups -OCH3 is 2. The number of rotatable bonds is 11. The summed E-state index contributed by atoms with van der Waals surface area (Å²) in [6, 6.07) is 13.7. The van der Waals surface area contributed by atoms with Crippen molar-refractivity contribution in [2.24, 2.45) is 0 Å². The number of hydrogen-bond acceptors (Lipinski definition) is 6. The van der Waals surface area contributed by atoms with Crippen LogP contribution < -0.4 is 20.1 Å². The zero-order chi connectivity index (χ0) is 27.9. The second kappa shape index (κ2) is 12.3. The molecule has 0 unspecified atom stereocenters. The third-order valence-electron chi connectivity index (χ3n) is 6.46. The first-order chi connectivity index (χ1) is 18.8. The Labute approximate surface area is 226 Å². The van der Waals surface area contributed by atoms with Crippen LogP contribution in [0.15, 0.2) is 60.3 Å². The Morgan fingerprint density at radius 3 is 2.44 bits per heavy atom. The van der Waals surface area contributed by atoms with Crippen LogP contribution in [0.5, 0.6) is 11.5 Å². The number of anilines is 1. The smallest absolute Gasteiger partial charge is 0.305 e. The zero-order valence-electron chi connectivity index (χ0n) is 22.0. The minimum atomic E-state index is -0.915. The van der Waals surface area contributed by atoms with Gasteiger partial charge in [0.25, 0.3) is 0 Å². The minimum Gasteiger partial charge on any atom is -0.494 e. The number of carbonyl (C=O) groups is 2. The van der Waals surface area contributed by atoms with Crippen LogP contribution in [-0.2, 0) is 16.1 Å². The molecular weight excluding hydrogens is 501 g/mol. The number of ether oxygens (including phenoxy) is 2. The summed E-state index contributed by atoms with van der Waals surface area (Å²) in [5.74, 6) is -0.512. The monoisotopic (exact) mass is 531 g/mol. The van der Waals surface area contributed by atoms with Gasteiger partial charge in [-0.3, -0.25) is 14.6 Å². The molecule has 202 valence electrons. The van der Waals surface area contributed by atoms with Crippen molar-refractivity contribution < 1.29 is 28.6 Å². The fraction of sp³-hybridized carbons (Fsp3) is 0.233. The second-order valence-electron chi connectivity index (χ2n) is 9.00. The quantitative estimate of drug-likeness (QED) is 0.314. The Balaban J connectivity index is 1.66. The molecule has 1 amide bonds. The Hall–Kier alpha value is -4.66. The molecule has 1 aliphatic rings. The Morgan fingerprint density at radius 1 is 1.05 bits per heavy atom. The summed E-state index contributed by atoms with van der Waals surface area (Å²) >= 11 is 0. The molecule has 4 rings (SSSR count). The van der Waals surface area contributed by atoms with Gasteiger partial charge in [-0.2, -0.15) is 0 Å². The Morgan fingerprint density at radius 2 is 1.79 bits per heavy atom. The van der Waals surface area contributed by atoms with Gasteiger partial charge < -0.3 is 25.2 Å². The van der Waals surface area contributed by atoms with Crippen LogP contribution in [-0.4, -0.2) is 42.7 Å². The molecule has 2 aromatic carbocycles. The van der Waals surface area contributed by atoms with Crippen molar-refractivity contribution in [2.45, 2.75) is 26.3 Å². The highest BCUT2D eigenvalue weighted by molar-refractivity contribution is 6.08. The van der Waals surface area contributed by atoms with Gasteiger partial charge >= 0.3 is 5.97 Å². The standard InChI is InChI=1S/C30H30FN3O5/c1-18-23(12-19-13-26(38-2)30(27(14-19)39-3)33-11-9-29(36)37)22-8-7-20(31)15-25(22)24(18)16-28(35)34-17-21-6-4-5-10-32-21/h4-8,10,12-15,33H,9,11,16-17H2,1-3H3,(H,34,35)(H,36,37). The lowest BCUT2D eigenvalue weighted by Crippen LogP contribution is -2.23. The molecular formula is C30H30FN3O5. The Kier molecular flexibility index (Phi) is 8.60. The molecule has 0 saturated heterocycles. The minimum absolute atomic E-state index is 0.0618. The number of carboxylic acid groups (broad SMARTS) is 1. The molecule has 0 spiro atoms. The third kappa shape index (κ3) is 6.43. The van der Waals surface area contributed by atoms with Crippen LogP contribution in [0.2, 0.25) is 0 Å². The highest BCUT2D eigenvalue weighted by Gasteiger charge is 2.26. The third-order valence-corrected chi connectivity index (χ3v) is 6.46. The van der Waals surface area contributed by atoms with E-state index in [9.17, 15) is 14.0 Å². The van der Waals surface area contributed by atoms with Crippen molar-refractivity contribution in [3.8, 4) is 11.5 Å². The average molecular weight is 532 g/mol. The first-order valence-corrected chi connectivity index (χ1v) is 12.4. The summed E-state index contributed by atoms with van der Waals surface area (Å²) in [6.07, 6.45) is 3.64. The maximum atomic E-state index is 14.3. The Bertz CT molecular complexity index is 1430. The SMILES string of the molecule is COc1cc(C=C2C(C)=C(CC(=O)NCc3ccccn3)c3cc(F)ccc32)cc(OC)c1NCCC(=O)O. The first kappa shape index (κ1) is 27.4. The van der Waals surface area contributed by atoms with E-state index in [0.717, 1.165) is 33.5 Å². The predicted octanol–water partition coefficient (Wildman–Crippen LogP) is 5.16. The van der Waals surface area contributed by atoms with Gasteiger partial charge in [0.1, 0.15) is 23.0 Å². The molecule has 9 heteroatoms. The number of nitrogens with zero attached hydrogens (tertiary/aromatic N) is 1. The van der Waals surface area contributed by atoms with Crippen molar-refractivity contribution in [2.75, 3.05) is 26.1 Å². The van der Waals surface area contributed by atoms with Crippen molar-refractivity contribution in [3.63, 3.8) is 0 Å². The molecule has 1 aromatic heterocycles. The van der Waals surface area contributed by atoms with Crippen LogP contribution in [0.4, 0.5) is 10.1 Å². The van der Waals surface area contributed by atoms with Gasteiger partial charge in [0, 0.05) is 12.7 Å². The van der Waals surface area contributed by atoms with Gasteiger partial charge in [-0.15, -0.1) is 0 Å². The van der Waals surface area contributed by atoms with Gasteiger partial charge in [-0.25, -0.2) is 4.39 Å². The topological polar surface area (TPSA) is 110 Å². The largest absolute Gasteiger partial charge is 0.494 e. The maximum Gasteiger partial charge on any atom is 0.305 e. The summed E-state index contributed by atoms with van der Waals surface area (Å²) in [4.78, 5) is 28.0. The zero-order valence-corrected chi connectivity index (χ0v) is 22.0. The van der Waals surface area contributed by atoms with Gasteiger partial charge in [-0.1, -0.05) is 12.1 Å². The second-order valence-corrected chi connectivity index (χ2v) is 9.00. The van der Waals surface area contributed by atoms with E-state index in [-0.39, 0.29) is 31.1 Å². The molecule has 0 bridgehead atoms. The van der Waals surface area contributed by atoms with Crippen LogP contribution in [0.1, 0.15) is 42.1 Å². The fourth-order valence-corrected chi connectivity index (χ4v) is 4.55. The average Bonchev–Trinajstić information content (AvgIpc) is 3.17. The van der Waals surface area contributed by atoms with Crippen LogP contribution in [0.3, 0.4) is 0 Å². The number of pyridine rings is 1. The number of halogens is 1. The van der Waals surface area contributed by atoms with Crippen LogP contribution in [0.25, 0.3) is 17.2 Å². The lowest BCUT2D eigenvalue weighted by Gasteiger charge is -2.16. The molecule has 0 fully saturated rings. The van der Waals surface area contributed by atoms with E-state index in [0.29, 0.717) is 29.3 Å². The maximum absolute atomic E-state index is 14.3. The normalized spacial score (nSPS) is 13.3. The molecule has 3 aromatic rings. The van der Waals surface area contributed by atoms with Crippen molar-refractivity contribution in [1.82, 2.24) is 10.3 Å². The number of benzene rings is 2. The number of fused-ring (bicyclic) bond motifs is 1. The number of carboxylic acids is 1. The van der Waals surface area contributed by atoms with Crippen LogP contribution >= 0.6 is 0 Å². The number of nitrogens with one attached hydrogen (secondary N) is 2. The summed E-state index contributed by atoms with van der Waals surface area (Å²) in [5, 5.41) is 14.9. The molecule has 0 atom stereocenters. The van der Waals surface area contributed by atoms with Crippen LogP contribution in [0, 0.1) is 5.82 Å². The van der Waals surface area contributed by atoms with Crippen molar-refractivity contribution in [3.05, 3.63) is 88.5 Å². The number of allylic oxidation sites excluding steroid dienone is 2. The molecule has 0 aliphatic heterocycles. The van der Waals surface area contributed by atoms with E-state index in [1.165, 1.54) is 26.4 Å². The van der Waals surface area contributed by atoms with E-state index in [1.807, 2.05) is 43.3 Å². The van der Waals surface area contributed by atoms with Gasteiger partial charge in [0.2, 0.25) is 5.91 Å². The molecule has 1 heterocycles. The highest BCUT2D eigenvalue weighted by atomic mass is 19.1. The summed E-state index contributed by atoms with van der Waals surface area (Å²) < 4.78 is 25.4. The van der Waals surface area contributed by atoms with E-state index in [4.69, 9.17) is 14.6 Å². The van der Waals surface area contributed by atoms with Crippen molar-refractivity contribution >= 4 is 34.8 Å². The van der Waals surface area contributed by atoms with Gasteiger partial charge in [0.15, 0.2) is 0 Å². The lowest BCUT2D eigenvalue weighted by molar-refractivity contribution is -0.136. The van der Waals surface area contributed by atoms with E-state index in [1.54, 1.807) is 12.3 Å². The fourth-order valence-electron chi connectivity index (χ4n) is 4.55. The summed E-state index contributed by atoms with van der Waals surface area (Å²) in [7, 11) is 3.04. The van der Waals surface area contributed by atoms with Gasteiger partial charge in [-0.05, 0) is 82.8 Å². The number of hydrogen-bond donors (Lipinski definition) is 3. The van der Waals surface area contributed by atoms with E-state index in [2.05, 4.69) is 15.6 Å². The number of amides is 1. The predicted molar refractivity (Wildman–Crippen MR) is 148 cm³/mol. The number of aromatic nitrogens is 1. The van der Waals surface area contributed by atoms with E-state index < -0.39 is 5.97 Å². The molecule has 3 N–H and O–H groups in total. The first-order valence-electron chi connectivity index (χ1n) is 12.4. The van der Waals surface area contributed by atoms with E-state index >= 15 is 0 Å². The molecule has 0 radical (unpaired) electrons. The van der Waals surface area contributed by atoms with Crippen molar-refractivity contribution in [1.29, 1.82) is 0 Å². The lowest BCUT2D eigenvalue weighted by atomic mass is 10.00. The summed E-state index contributed by atoms with van der Waals surface area (Å²) in [5.41, 5.74) is 6.03.